The summed E-state index contributed by atoms with van der Waals surface area (Å²) in [6, 6.07) is -0.447. The maximum absolute atomic E-state index is 10.7. The number of ether oxygens (including phenoxy) is 1. The average Bonchev–Trinajstić information content (AvgIpc) is 2.14. The second-order valence-electron chi connectivity index (χ2n) is 2.01. The van der Waals surface area contributed by atoms with Crippen molar-refractivity contribution in [2.45, 2.75) is 12.5 Å². The Kier molecular flexibility index (Phi) is 15.0. The number of hydrogen-bond donors (Lipinski definition) is 1. The van der Waals surface area contributed by atoms with Crippen LogP contribution in [-0.4, -0.2) is 36.5 Å². The Morgan fingerprint density at radius 3 is 2.38 bits per heavy atom. The molecule has 13 heavy (non-hydrogen) atoms. The third kappa shape index (κ3) is 12.4. The smallest absolute Gasteiger partial charge is 0.322 e. The fourth-order valence-corrected chi connectivity index (χ4v) is 1.00. The molecular formula is C7H15Cl2NO2S. The molecule has 0 bridgehead atoms. The van der Waals surface area contributed by atoms with Crippen LogP contribution in [-0.2, 0) is 9.53 Å². The molecule has 0 aromatic heterocycles. The molecule has 0 heterocycles. The molecule has 0 aliphatic carbocycles. The SMILES string of the molecule is COC(=O)[C@@H](N)CCSC.ClCCl. The van der Waals surface area contributed by atoms with Crippen molar-refractivity contribution in [2.24, 2.45) is 5.73 Å². The molecule has 6 heteroatoms. The highest BCUT2D eigenvalue weighted by molar-refractivity contribution is 7.98. The van der Waals surface area contributed by atoms with Crippen molar-refractivity contribution in [1.29, 1.82) is 0 Å². The molecule has 0 amide bonds. The zero-order valence-electron chi connectivity index (χ0n) is 7.76. The Bertz CT molecular complexity index is 127. The van der Waals surface area contributed by atoms with Gasteiger partial charge in [0.1, 0.15) is 6.04 Å². The summed E-state index contributed by atoms with van der Waals surface area (Å²) in [4.78, 5) is 10.7. The lowest BCUT2D eigenvalue weighted by Crippen LogP contribution is -2.31. The third-order valence-corrected chi connectivity index (χ3v) is 1.78. The third-order valence-electron chi connectivity index (χ3n) is 1.14. The number of carbonyl (C=O) groups is 1. The van der Waals surface area contributed by atoms with Gasteiger partial charge in [-0.2, -0.15) is 11.8 Å². The van der Waals surface area contributed by atoms with Gasteiger partial charge in [-0.3, -0.25) is 4.79 Å². The summed E-state index contributed by atoms with van der Waals surface area (Å²) in [6.45, 7) is 0. The van der Waals surface area contributed by atoms with E-state index in [1.54, 1.807) is 11.8 Å². The highest BCUT2D eigenvalue weighted by atomic mass is 35.5. The topological polar surface area (TPSA) is 52.3 Å². The number of carbonyl (C=O) groups excluding carboxylic acids is 1. The van der Waals surface area contributed by atoms with Crippen LogP contribution in [0.4, 0.5) is 0 Å². The van der Waals surface area contributed by atoms with Crippen LogP contribution in [0.1, 0.15) is 6.42 Å². The predicted octanol–water partition coefficient (Wildman–Crippen LogP) is 1.66. The van der Waals surface area contributed by atoms with Crippen molar-refractivity contribution in [3.05, 3.63) is 0 Å². The summed E-state index contributed by atoms with van der Waals surface area (Å²) in [5.74, 6) is 0.574. The number of esters is 1. The molecule has 0 saturated heterocycles. The number of nitrogens with two attached hydrogens (primary N) is 1. The van der Waals surface area contributed by atoms with E-state index in [0.29, 0.717) is 6.42 Å². The van der Waals surface area contributed by atoms with Gasteiger partial charge in [0.15, 0.2) is 0 Å². The molecule has 80 valence electrons. The second-order valence-corrected chi connectivity index (χ2v) is 3.81. The predicted molar refractivity (Wildman–Crippen MR) is 59.6 cm³/mol. The van der Waals surface area contributed by atoms with Crippen molar-refractivity contribution in [2.75, 3.05) is 24.5 Å². The molecule has 0 aliphatic rings. The Morgan fingerprint density at radius 2 is 2.08 bits per heavy atom. The van der Waals surface area contributed by atoms with Gasteiger partial charge in [-0.15, -0.1) is 23.2 Å². The summed E-state index contributed by atoms with van der Waals surface area (Å²) >= 11 is 11.2. The maximum Gasteiger partial charge on any atom is 0.322 e. The number of hydrogen-bond acceptors (Lipinski definition) is 4. The van der Waals surface area contributed by atoms with Gasteiger partial charge in [0.25, 0.3) is 0 Å². The molecule has 0 saturated carbocycles. The van der Waals surface area contributed by atoms with Gasteiger partial charge in [0.05, 0.1) is 12.4 Å². The van der Waals surface area contributed by atoms with Gasteiger partial charge in [-0.25, -0.2) is 0 Å². The molecular weight excluding hydrogens is 233 g/mol. The normalized spacial score (nSPS) is 11.2. The van der Waals surface area contributed by atoms with E-state index in [-0.39, 0.29) is 11.3 Å². The fourth-order valence-electron chi connectivity index (χ4n) is 0.514. The van der Waals surface area contributed by atoms with Crippen molar-refractivity contribution < 1.29 is 9.53 Å². The van der Waals surface area contributed by atoms with E-state index in [0.717, 1.165) is 5.75 Å². The molecule has 0 radical (unpaired) electrons. The Labute approximate surface area is 93.3 Å². The van der Waals surface area contributed by atoms with Gasteiger partial charge in [-0.05, 0) is 18.4 Å². The molecule has 0 aromatic carbocycles. The van der Waals surface area contributed by atoms with E-state index < -0.39 is 6.04 Å². The van der Waals surface area contributed by atoms with E-state index in [1.807, 2.05) is 6.26 Å². The largest absolute Gasteiger partial charge is 0.468 e. The first-order valence-corrected chi connectivity index (χ1v) is 6.04. The molecule has 0 spiro atoms. The molecule has 3 nitrogen and oxygen atoms in total. The first kappa shape index (κ1) is 15.8. The van der Waals surface area contributed by atoms with Crippen molar-refractivity contribution in [1.82, 2.24) is 0 Å². The quantitative estimate of drug-likeness (QED) is 0.607. The number of methoxy groups -OCH3 is 1. The molecule has 0 fully saturated rings. The van der Waals surface area contributed by atoms with Crippen LogP contribution in [0.25, 0.3) is 0 Å². The van der Waals surface area contributed by atoms with E-state index in [9.17, 15) is 4.79 Å². The highest BCUT2D eigenvalue weighted by Gasteiger charge is 2.11. The zero-order chi connectivity index (χ0) is 10.7. The highest BCUT2D eigenvalue weighted by Crippen LogP contribution is 1.99. The lowest BCUT2D eigenvalue weighted by atomic mass is 10.2. The zero-order valence-corrected chi connectivity index (χ0v) is 10.1. The lowest BCUT2D eigenvalue weighted by molar-refractivity contribution is -0.142. The summed E-state index contributed by atoms with van der Waals surface area (Å²) in [6.07, 6.45) is 2.66. The number of rotatable bonds is 4. The van der Waals surface area contributed by atoms with Gasteiger partial charge < -0.3 is 10.5 Å². The van der Waals surface area contributed by atoms with Crippen molar-refractivity contribution in [3.63, 3.8) is 0 Å². The van der Waals surface area contributed by atoms with Gasteiger partial charge in [0.2, 0.25) is 0 Å². The van der Waals surface area contributed by atoms with Crippen LogP contribution >= 0.6 is 35.0 Å². The lowest BCUT2D eigenvalue weighted by Gasteiger charge is -2.06. The molecule has 1 atom stereocenters. The van der Waals surface area contributed by atoms with Crippen LogP contribution in [0.2, 0.25) is 0 Å². The van der Waals surface area contributed by atoms with Crippen LogP contribution in [0.3, 0.4) is 0 Å². The maximum atomic E-state index is 10.7. The van der Waals surface area contributed by atoms with Crippen LogP contribution in [0, 0.1) is 0 Å². The minimum atomic E-state index is -0.447. The summed E-state index contributed by atoms with van der Waals surface area (Å²) in [5, 5.41) is 0.194. The fraction of sp³-hybridized carbons (Fsp3) is 0.857. The number of alkyl halides is 2. The molecule has 2 N–H and O–H groups in total. The first-order valence-electron chi connectivity index (χ1n) is 3.58. The minimum Gasteiger partial charge on any atom is -0.468 e. The number of thioether (sulfide) groups is 1. The van der Waals surface area contributed by atoms with E-state index in [2.05, 4.69) is 4.74 Å². The molecule has 0 rings (SSSR count). The van der Waals surface area contributed by atoms with Gasteiger partial charge in [-0.1, -0.05) is 0 Å². The Balaban J connectivity index is 0. The Morgan fingerprint density at radius 1 is 1.62 bits per heavy atom. The molecule has 0 aliphatic heterocycles. The standard InChI is InChI=1S/C6H13NO2S.CH2Cl2/c1-9-6(8)5(7)3-4-10-2;2-1-3/h5H,3-4,7H2,1-2H3;1H2/t5-;/m0./s1. The summed E-state index contributed by atoms with van der Waals surface area (Å²) in [5.41, 5.74) is 5.43. The van der Waals surface area contributed by atoms with Gasteiger partial charge in [0, 0.05) is 0 Å². The van der Waals surface area contributed by atoms with Crippen LogP contribution in [0.5, 0.6) is 0 Å². The Hall–Kier alpha value is 0.360. The monoisotopic (exact) mass is 247 g/mol. The first-order chi connectivity index (χ1) is 6.13. The molecule has 0 unspecified atom stereocenters. The number of halogens is 2. The molecule has 0 aromatic rings. The van der Waals surface area contributed by atoms with Crippen molar-refractivity contribution in [3.8, 4) is 0 Å². The van der Waals surface area contributed by atoms with Gasteiger partial charge >= 0.3 is 5.97 Å². The van der Waals surface area contributed by atoms with E-state index in [4.69, 9.17) is 28.9 Å². The average molecular weight is 248 g/mol. The van der Waals surface area contributed by atoms with Crippen LogP contribution in [0.15, 0.2) is 0 Å². The summed E-state index contributed by atoms with van der Waals surface area (Å²) in [7, 11) is 1.35. The second kappa shape index (κ2) is 12.4. The minimum absolute atomic E-state index is 0.194. The van der Waals surface area contributed by atoms with Crippen LogP contribution < -0.4 is 5.73 Å². The van der Waals surface area contributed by atoms with E-state index >= 15 is 0 Å². The summed E-state index contributed by atoms with van der Waals surface area (Å²) < 4.78 is 4.44. The van der Waals surface area contributed by atoms with Crippen molar-refractivity contribution >= 4 is 40.9 Å². The van der Waals surface area contributed by atoms with E-state index in [1.165, 1.54) is 7.11 Å².